The molecule has 54 heavy (non-hydrogen) atoms. The van der Waals surface area contributed by atoms with Crippen LogP contribution in [0, 0.1) is 23.7 Å². The molecule has 2 N–H and O–H groups in total. The van der Waals surface area contributed by atoms with Gasteiger partial charge >= 0.3 is 0 Å². The van der Waals surface area contributed by atoms with Gasteiger partial charge in [0.25, 0.3) is 0 Å². The van der Waals surface area contributed by atoms with Crippen LogP contribution in [0.15, 0.2) is 54.7 Å². The summed E-state index contributed by atoms with van der Waals surface area (Å²) in [7, 11) is 0. The maximum atomic E-state index is 13.4. The molecule has 0 radical (unpaired) electrons. The lowest BCUT2D eigenvalue weighted by Gasteiger charge is -2.31. The summed E-state index contributed by atoms with van der Waals surface area (Å²) in [5.41, 5.74) is 7.07. The van der Waals surface area contributed by atoms with E-state index in [4.69, 9.17) is 24.9 Å². The van der Waals surface area contributed by atoms with E-state index in [-0.39, 0.29) is 46.0 Å². The topological polar surface area (TPSA) is 198 Å². The van der Waals surface area contributed by atoms with E-state index < -0.39 is 58.6 Å². The first-order valence-electron chi connectivity index (χ1n) is 17.8. The van der Waals surface area contributed by atoms with Gasteiger partial charge in [-0.15, -0.1) is 0 Å². The molecule has 0 amide bonds. The van der Waals surface area contributed by atoms with Gasteiger partial charge in [0.15, 0.2) is 23.3 Å². The number of ketones is 5. The van der Waals surface area contributed by atoms with Crippen molar-refractivity contribution in [2.75, 3.05) is 0 Å². The standard InChI is InChI=1S/C40H21N7O6S/c48-20-9-11-1-2-12(20)25-22(11)34-43-35-26-14-4-3-13(30(49)31(14)50)23(26)18(41-35)10-19-24-17-7-8-21(54-40(17)53)29(24)39(42-19)47-38-28-16-6-5-15(32(51)33(16)52)27(28)37(46-38)45-36(25)44-34/h1-8,10-17,21H,9H2,(H2,41,42,43,44,45,46,47). The number of aromatic nitrogens is 7. The van der Waals surface area contributed by atoms with Gasteiger partial charge in [0.1, 0.15) is 17.1 Å². The van der Waals surface area contributed by atoms with Crippen molar-refractivity contribution < 1.29 is 28.8 Å². The van der Waals surface area contributed by atoms with Crippen molar-refractivity contribution in [2.45, 2.75) is 29.4 Å². The number of carbonyl (C=O) groups excluding carboxylic acids is 6. The Morgan fingerprint density at radius 1 is 0.481 bits per heavy atom. The molecule has 0 saturated heterocycles. The van der Waals surface area contributed by atoms with Gasteiger partial charge < -0.3 is 9.97 Å². The number of Topliss-reactive ketones (excluding diaryl/α,β-unsaturated/α-hetero) is 5. The molecule has 16 bridgehead atoms. The minimum atomic E-state index is -0.899. The third kappa shape index (κ3) is 3.33. The zero-order chi connectivity index (χ0) is 36.0. The Morgan fingerprint density at radius 3 is 1.59 bits per heavy atom. The monoisotopic (exact) mass is 727 g/mol. The second kappa shape index (κ2) is 9.44. The van der Waals surface area contributed by atoms with E-state index in [0.717, 1.165) is 16.7 Å². The molecule has 7 heterocycles. The Kier molecular flexibility index (Phi) is 5.10. The van der Waals surface area contributed by atoms with Crippen LogP contribution in [-0.4, -0.2) is 68.9 Å². The third-order valence-electron chi connectivity index (χ3n) is 12.5. The average molecular weight is 728 g/mol. The first-order valence-corrected chi connectivity index (χ1v) is 18.7. The van der Waals surface area contributed by atoms with E-state index in [1.54, 1.807) is 24.3 Å². The van der Waals surface area contributed by atoms with Crippen LogP contribution in [0.3, 0.4) is 0 Å². The van der Waals surface area contributed by atoms with Gasteiger partial charge in [-0.05, 0) is 17.2 Å². The molecule has 3 aromatic rings. The van der Waals surface area contributed by atoms with Crippen LogP contribution in [0.4, 0.5) is 0 Å². The molecule has 3 aromatic heterocycles. The fraction of sp³-hybridized carbons (Fsp3) is 0.225. The van der Waals surface area contributed by atoms with Crippen LogP contribution in [0.5, 0.6) is 0 Å². The van der Waals surface area contributed by atoms with Crippen molar-refractivity contribution in [2.24, 2.45) is 23.7 Å². The highest BCUT2D eigenvalue weighted by atomic mass is 32.2. The molecule has 14 heteroatoms. The molecule has 0 aromatic carbocycles. The molecule has 17 rings (SSSR count). The van der Waals surface area contributed by atoms with Gasteiger partial charge in [0.05, 0.1) is 40.8 Å². The number of carbonyl (C=O) groups is 6. The lowest BCUT2D eigenvalue weighted by atomic mass is 9.70. The van der Waals surface area contributed by atoms with E-state index in [0.29, 0.717) is 56.0 Å². The van der Waals surface area contributed by atoms with Crippen molar-refractivity contribution in [3.63, 3.8) is 0 Å². The van der Waals surface area contributed by atoms with Gasteiger partial charge in [-0.2, -0.15) is 0 Å². The smallest absolute Gasteiger partial charge is 0.210 e. The number of nitrogens with one attached hydrogen (secondary N) is 2. The van der Waals surface area contributed by atoms with Gasteiger partial charge in [-0.3, -0.25) is 28.8 Å². The molecule has 4 aliphatic heterocycles. The SMILES string of the molecule is O=C1CC2C=CC1C1=C2c2nc1nc1nc(nc3[nH]c(cc4[nH]c(n2)c2c4C4C=CC2C(=O)C4=O)c2c3C3C=CC2C(=O)S3)C2=C1C1C=CC2C(=O)C1=O. The van der Waals surface area contributed by atoms with Crippen LogP contribution in [0.25, 0.3) is 44.6 Å². The Bertz CT molecular complexity index is 2970. The molecule has 258 valence electrons. The van der Waals surface area contributed by atoms with Crippen molar-refractivity contribution in [3.05, 3.63) is 100 Å². The Morgan fingerprint density at radius 2 is 0.963 bits per heavy atom. The summed E-state index contributed by atoms with van der Waals surface area (Å²) >= 11 is 1.21. The zero-order valence-electron chi connectivity index (χ0n) is 27.6. The fourth-order valence-corrected chi connectivity index (χ4v) is 11.3. The fourth-order valence-electron chi connectivity index (χ4n) is 10.2. The van der Waals surface area contributed by atoms with Crippen molar-refractivity contribution in [3.8, 4) is 0 Å². The lowest BCUT2D eigenvalue weighted by Crippen LogP contribution is -2.38. The van der Waals surface area contributed by atoms with E-state index in [2.05, 4.69) is 9.97 Å². The average Bonchev–Trinajstić information content (AvgIpc) is 3.93. The second-order valence-electron chi connectivity index (χ2n) is 15.1. The highest BCUT2D eigenvalue weighted by Gasteiger charge is 2.50. The normalized spacial score (nSPS) is 31.3. The number of thioether (sulfide) groups is 1. The summed E-state index contributed by atoms with van der Waals surface area (Å²) in [6, 6.07) is 1.85. The van der Waals surface area contributed by atoms with Crippen molar-refractivity contribution in [1.29, 1.82) is 0 Å². The lowest BCUT2D eigenvalue weighted by molar-refractivity contribution is -0.138. The van der Waals surface area contributed by atoms with Gasteiger partial charge in [-0.1, -0.05) is 60.4 Å². The highest BCUT2D eigenvalue weighted by Crippen LogP contribution is 2.54. The summed E-state index contributed by atoms with van der Waals surface area (Å²) < 4.78 is 0. The van der Waals surface area contributed by atoms with Crippen molar-refractivity contribution in [1.82, 2.24) is 34.9 Å². The molecule has 8 unspecified atom stereocenters. The van der Waals surface area contributed by atoms with Gasteiger partial charge in [0, 0.05) is 56.8 Å². The summed E-state index contributed by atoms with van der Waals surface area (Å²) in [5, 5.41) is -0.347. The second-order valence-corrected chi connectivity index (χ2v) is 16.2. The predicted molar refractivity (Wildman–Crippen MR) is 192 cm³/mol. The van der Waals surface area contributed by atoms with Crippen LogP contribution in [-0.2, 0) is 28.8 Å². The quantitative estimate of drug-likeness (QED) is 0.251. The molecule has 10 aliphatic carbocycles. The Labute approximate surface area is 306 Å². The number of allylic oxidation sites excluding steroid dienone is 11. The minimum absolute atomic E-state index is 0.00558. The molecule has 13 nitrogen and oxygen atoms in total. The number of hydrogen-bond donors (Lipinski definition) is 2. The Hall–Kier alpha value is -6.28. The third-order valence-corrected chi connectivity index (χ3v) is 13.6. The highest BCUT2D eigenvalue weighted by molar-refractivity contribution is 8.14. The zero-order valence-corrected chi connectivity index (χ0v) is 28.4. The summed E-state index contributed by atoms with van der Waals surface area (Å²) in [4.78, 5) is 112. The Balaban J connectivity index is 1.20. The van der Waals surface area contributed by atoms with Gasteiger partial charge in [-0.25, -0.2) is 24.9 Å². The predicted octanol–water partition coefficient (Wildman–Crippen LogP) is 3.91. The number of hydrogen-bond acceptors (Lipinski definition) is 12. The molecular formula is C40H21N7O6S. The number of rotatable bonds is 0. The summed E-state index contributed by atoms with van der Waals surface area (Å²) in [5.74, 6) is -6.02. The first kappa shape index (κ1) is 29.2. The largest absolute Gasteiger partial charge is 0.340 e. The molecular weight excluding hydrogens is 707 g/mol. The molecule has 0 fully saturated rings. The summed E-state index contributed by atoms with van der Waals surface area (Å²) in [6.07, 6.45) is 14.9. The van der Waals surface area contributed by atoms with Crippen LogP contribution >= 0.6 is 11.8 Å². The van der Waals surface area contributed by atoms with Crippen LogP contribution < -0.4 is 0 Å². The molecule has 8 atom stereocenters. The number of nitrogens with zero attached hydrogens (tertiary/aromatic N) is 5. The van der Waals surface area contributed by atoms with E-state index in [1.807, 2.05) is 30.4 Å². The first-order chi connectivity index (χ1) is 26.2. The van der Waals surface area contributed by atoms with E-state index in [9.17, 15) is 28.8 Å². The number of fused-ring (bicyclic) bond motifs is 12. The van der Waals surface area contributed by atoms with E-state index in [1.165, 1.54) is 11.8 Å². The van der Waals surface area contributed by atoms with Gasteiger partial charge in [0.2, 0.25) is 28.2 Å². The molecule has 14 aliphatic rings. The number of H-pyrrole nitrogens is 2. The number of aromatic amines is 2. The summed E-state index contributed by atoms with van der Waals surface area (Å²) in [6.45, 7) is 0. The maximum absolute atomic E-state index is 13.4. The molecule has 0 saturated carbocycles. The molecule has 0 spiro atoms. The van der Waals surface area contributed by atoms with Crippen molar-refractivity contribution >= 4 is 90.4 Å². The van der Waals surface area contributed by atoms with Crippen LogP contribution in [0.2, 0.25) is 0 Å². The minimum Gasteiger partial charge on any atom is -0.340 e. The van der Waals surface area contributed by atoms with E-state index >= 15 is 0 Å². The van der Waals surface area contributed by atoms with Crippen LogP contribution in [0.1, 0.15) is 75.0 Å². The maximum Gasteiger partial charge on any atom is 0.210 e.